The number of hydrogen-bond acceptors (Lipinski definition) is 5. The maximum Gasteiger partial charge on any atom is 0.242 e. The van der Waals surface area contributed by atoms with Crippen LogP contribution in [0.5, 0.6) is 0 Å². The largest absolute Gasteiger partial charge is 0.369 e. The molecule has 218 valence electrons. The number of piperazine rings is 1. The number of anilines is 3. The summed E-state index contributed by atoms with van der Waals surface area (Å²) in [4.78, 5) is 34.4. The fourth-order valence-electron chi connectivity index (χ4n) is 6.34. The molecule has 1 fully saturated rings. The molecule has 0 saturated carbocycles. The highest BCUT2D eigenvalue weighted by Gasteiger charge is 2.43. The summed E-state index contributed by atoms with van der Waals surface area (Å²) < 4.78 is 13.4. The summed E-state index contributed by atoms with van der Waals surface area (Å²) in [5.74, 6) is -0.352. The number of nitrogens with one attached hydrogen (secondary N) is 1. The molecule has 1 saturated heterocycles. The smallest absolute Gasteiger partial charge is 0.242 e. The van der Waals surface area contributed by atoms with Crippen LogP contribution in [-0.4, -0.2) is 49.3 Å². The van der Waals surface area contributed by atoms with Gasteiger partial charge in [-0.2, -0.15) is 0 Å². The van der Waals surface area contributed by atoms with Crippen molar-refractivity contribution in [2.24, 2.45) is 5.41 Å². The van der Waals surface area contributed by atoms with Crippen molar-refractivity contribution in [3.63, 3.8) is 0 Å². The first-order valence-electron chi connectivity index (χ1n) is 14.2. The lowest BCUT2D eigenvalue weighted by Crippen LogP contribution is -2.51. The van der Waals surface area contributed by atoms with Gasteiger partial charge in [0.2, 0.25) is 5.91 Å². The van der Waals surface area contributed by atoms with E-state index in [4.69, 9.17) is 23.2 Å². The lowest BCUT2D eigenvalue weighted by molar-refractivity contribution is -0.120. The Morgan fingerprint density at radius 3 is 2.38 bits per heavy atom. The second-order valence-electron chi connectivity index (χ2n) is 12.1. The van der Waals surface area contributed by atoms with Gasteiger partial charge >= 0.3 is 0 Å². The summed E-state index contributed by atoms with van der Waals surface area (Å²) in [6.07, 6.45) is 1.06. The first kappa shape index (κ1) is 28.7. The number of para-hydroxylation sites is 2. The predicted octanol–water partition coefficient (Wildman–Crippen LogP) is 7.10. The number of carbonyl (C=O) groups is 2. The Kier molecular flexibility index (Phi) is 7.77. The van der Waals surface area contributed by atoms with Gasteiger partial charge in [0, 0.05) is 49.6 Å². The van der Waals surface area contributed by atoms with E-state index in [-0.39, 0.29) is 29.5 Å². The molecule has 1 atom stereocenters. The molecule has 2 aliphatic heterocycles. The number of halogens is 3. The number of carbonyl (C=O) groups excluding carboxylic acids is 2. The third-order valence-corrected chi connectivity index (χ3v) is 9.09. The quantitative estimate of drug-likeness (QED) is 0.343. The van der Waals surface area contributed by atoms with Crippen LogP contribution >= 0.6 is 23.2 Å². The van der Waals surface area contributed by atoms with Gasteiger partial charge < -0.3 is 10.2 Å². The Labute approximate surface area is 255 Å². The lowest BCUT2D eigenvalue weighted by Gasteiger charge is -2.39. The Bertz CT molecular complexity index is 1560. The third kappa shape index (κ3) is 5.65. The third-order valence-electron chi connectivity index (χ3n) is 8.35. The molecule has 9 heteroatoms. The SMILES string of the molecule is CC1(C)CC(=O)C2=C(C1)Nc1ccccc1N(C(=O)CN1CCN(c3ccc(F)cc3)CC1)C2c1ccc(Cl)c(Cl)c1. The van der Waals surface area contributed by atoms with Crippen LogP contribution in [0.1, 0.15) is 38.3 Å². The van der Waals surface area contributed by atoms with E-state index in [1.165, 1.54) is 12.1 Å². The highest BCUT2D eigenvalue weighted by molar-refractivity contribution is 6.42. The van der Waals surface area contributed by atoms with Crippen molar-refractivity contribution in [1.82, 2.24) is 4.90 Å². The first-order chi connectivity index (χ1) is 20.1. The maximum atomic E-state index is 14.4. The minimum absolute atomic E-state index is 0.0170. The monoisotopic (exact) mass is 606 g/mol. The summed E-state index contributed by atoms with van der Waals surface area (Å²) in [5.41, 5.74) is 4.41. The first-order valence-corrected chi connectivity index (χ1v) is 15.0. The van der Waals surface area contributed by atoms with Crippen molar-refractivity contribution in [3.05, 3.63) is 99.4 Å². The van der Waals surface area contributed by atoms with Crippen molar-refractivity contribution in [1.29, 1.82) is 0 Å². The molecule has 0 spiro atoms. The molecule has 0 radical (unpaired) electrons. The Morgan fingerprint density at radius 1 is 0.952 bits per heavy atom. The number of benzene rings is 3. The van der Waals surface area contributed by atoms with Crippen molar-refractivity contribution in [2.45, 2.75) is 32.7 Å². The summed E-state index contributed by atoms with van der Waals surface area (Å²) in [5, 5.41) is 4.33. The number of Topliss-reactive ketones (excluding diaryl/α,β-unsaturated/α-hetero) is 1. The van der Waals surface area contributed by atoms with Crippen LogP contribution in [0.25, 0.3) is 0 Å². The summed E-state index contributed by atoms with van der Waals surface area (Å²) >= 11 is 12.8. The van der Waals surface area contributed by atoms with E-state index in [2.05, 4.69) is 29.0 Å². The second kappa shape index (κ2) is 11.4. The van der Waals surface area contributed by atoms with Gasteiger partial charge in [0.25, 0.3) is 0 Å². The van der Waals surface area contributed by atoms with Crippen molar-refractivity contribution >= 4 is 52.0 Å². The molecule has 42 heavy (non-hydrogen) atoms. The number of nitrogens with zero attached hydrogens (tertiary/aromatic N) is 3. The Hall–Kier alpha value is -3.39. The molecule has 1 unspecified atom stereocenters. The van der Waals surface area contributed by atoms with Gasteiger partial charge in [-0.15, -0.1) is 0 Å². The van der Waals surface area contributed by atoms with Crippen LogP contribution < -0.4 is 15.1 Å². The van der Waals surface area contributed by atoms with Crippen LogP contribution in [-0.2, 0) is 9.59 Å². The molecule has 0 aromatic heterocycles. The van der Waals surface area contributed by atoms with Gasteiger partial charge in [-0.25, -0.2) is 4.39 Å². The number of amides is 1. The molecule has 1 aliphatic carbocycles. The highest BCUT2D eigenvalue weighted by Crippen LogP contribution is 2.48. The molecular weight excluding hydrogens is 574 g/mol. The number of ketones is 1. The zero-order valence-corrected chi connectivity index (χ0v) is 25.2. The van der Waals surface area contributed by atoms with Gasteiger partial charge in [0.15, 0.2) is 5.78 Å². The zero-order chi connectivity index (χ0) is 29.6. The Morgan fingerprint density at radius 2 is 1.67 bits per heavy atom. The van der Waals surface area contributed by atoms with Crippen LogP contribution in [0.3, 0.4) is 0 Å². The van der Waals surface area contributed by atoms with Crippen molar-refractivity contribution in [3.8, 4) is 0 Å². The number of allylic oxidation sites excluding steroid dienone is 1. The molecule has 2 heterocycles. The summed E-state index contributed by atoms with van der Waals surface area (Å²) in [7, 11) is 0. The van der Waals surface area contributed by atoms with E-state index < -0.39 is 6.04 Å². The normalized spacial score (nSPS) is 20.5. The molecule has 6 nitrogen and oxygen atoms in total. The van der Waals surface area contributed by atoms with Crippen molar-refractivity contribution in [2.75, 3.05) is 47.8 Å². The van der Waals surface area contributed by atoms with Crippen molar-refractivity contribution < 1.29 is 14.0 Å². The van der Waals surface area contributed by atoms with E-state index in [0.29, 0.717) is 47.2 Å². The molecule has 3 aromatic carbocycles. The number of fused-ring (bicyclic) bond motifs is 1. The average molecular weight is 608 g/mol. The maximum absolute atomic E-state index is 14.4. The average Bonchev–Trinajstić information content (AvgIpc) is 3.09. The van der Waals surface area contributed by atoms with E-state index >= 15 is 0 Å². The standard InChI is InChI=1S/C33H33Cl2FN4O2/c1-33(2)18-27-31(29(41)19-33)32(21-7-12-24(34)25(35)17-21)40(28-6-4-3-5-26(28)37-27)30(42)20-38-13-15-39(16-14-38)23-10-8-22(36)9-11-23/h3-12,17,32,37H,13-16,18-20H2,1-2H3. The van der Waals surface area contributed by atoms with Crippen LogP contribution in [0.2, 0.25) is 10.0 Å². The van der Waals surface area contributed by atoms with E-state index in [1.54, 1.807) is 29.2 Å². The zero-order valence-electron chi connectivity index (χ0n) is 23.7. The summed E-state index contributed by atoms with van der Waals surface area (Å²) in [6.45, 7) is 7.16. The fourth-order valence-corrected chi connectivity index (χ4v) is 6.65. The van der Waals surface area contributed by atoms with Gasteiger partial charge in [-0.05, 0) is 65.9 Å². The van der Waals surface area contributed by atoms with Gasteiger partial charge in [0.1, 0.15) is 5.82 Å². The van der Waals surface area contributed by atoms with Gasteiger partial charge in [-0.1, -0.05) is 55.2 Å². The molecule has 3 aliphatic rings. The van der Waals surface area contributed by atoms with Crippen LogP contribution in [0.15, 0.2) is 78.0 Å². The van der Waals surface area contributed by atoms with E-state index in [0.717, 1.165) is 35.7 Å². The highest BCUT2D eigenvalue weighted by atomic mass is 35.5. The summed E-state index contributed by atoms with van der Waals surface area (Å²) in [6, 6.07) is 18.9. The molecule has 3 aromatic rings. The van der Waals surface area contributed by atoms with Crippen LogP contribution in [0.4, 0.5) is 21.5 Å². The van der Waals surface area contributed by atoms with Gasteiger partial charge in [-0.3, -0.25) is 19.4 Å². The second-order valence-corrected chi connectivity index (χ2v) is 12.9. The molecule has 0 bridgehead atoms. The number of hydrogen-bond donors (Lipinski definition) is 1. The van der Waals surface area contributed by atoms with E-state index in [1.807, 2.05) is 30.3 Å². The molecule has 1 N–H and O–H groups in total. The van der Waals surface area contributed by atoms with Crippen LogP contribution in [0, 0.1) is 11.2 Å². The topological polar surface area (TPSA) is 55.9 Å². The van der Waals surface area contributed by atoms with Gasteiger partial charge in [0.05, 0.1) is 34.0 Å². The minimum atomic E-state index is -0.664. The predicted molar refractivity (Wildman–Crippen MR) is 167 cm³/mol. The minimum Gasteiger partial charge on any atom is -0.369 e. The molecule has 6 rings (SSSR count). The molecule has 1 amide bonds. The fraction of sp³-hybridized carbons (Fsp3) is 0.333. The van der Waals surface area contributed by atoms with E-state index in [9.17, 15) is 14.0 Å². The number of rotatable bonds is 4. The Balaban J connectivity index is 1.36. The molecular formula is C33H33Cl2FN4O2. The lowest BCUT2D eigenvalue weighted by atomic mass is 9.73.